The lowest BCUT2D eigenvalue weighted by Crippen LogP contribution is -2.35. The third kappa shape index (κ3) is 7.60. The first kappa shape index (κ1) is 20.5. The van der Waals surface area contributed by atoms with Crippen LogP contribution in [0, 0.1) is 5.92 Å². The highest BCUT2D eigenvalue weighted by Crippen LogP contribution is 2.15. The van der Waals surface area contributed by atoms with E-state index < -0.39 is 6.10 Å². The highest BCUT2D eigenvalue weighted by Gasteiger charge is 2.14. The van der Waals surface area contributed by atoms with Gasteiger partial charge in [0.2, 0.25) is 0 Å². The first-order chi connectivity index (χ1) is 12.6. The molecule has 2 aromatic rings. The zero-order valence-corrected chi connectivity index (χ0v) is 16.1. The largest absolute Gasteiger partial charge is 0.497 e. The van der Waals surface area contributed by atoms with Crippen molar-refractivity contribution in [2.24, 2.45) is 5.92 Å². The number of rotatable bonds is 12. The van der Waals surface area contributed by atoms with Gasteiger partial charge in [-0.3, -0.25) is 4.90 Å². The van der Waals surface area contributed by atoms with Crippen molar-refractivity contribution in [3.63, 3.8) is 0 Å². The van der Waals surface area contributed by atoms with E-state index in [4.69, 9.17) is 13.9 Å². The lowest BCUT2D eigenvalue weighted by molar-refractivity contribution is 0.00325. The summed E-state index contributed by atoms with van der Waals surface area (Å²) in [6, 6.07) is 11.8. The molecule has 0 fully saturated rings. The molecule has 0 bridgehead atoms. The summed E-state index contributed by atoms with van der Waals surface area (Å²) in [6.07, 6.45) is 2.17. The second-order valence-electron chi connectivity index (χ2n) is 7.02. The molecule has 1 aromatic carbocycles. The molecule has 144 valence electrons. The summed E-state index contributed by atoms with van der Waals surface area (Å²) in [4.78, 5) is 2.27. The smallest absolute Gasteiger partial charge is 0.129 e. The van der Waals surface area contributed by atoms with Crippen LogP contribution in [0.4, 0.5) is 0 Å². The Kier molecular flexibility index (Phi) is 8.68. The summed E-state index contributed by atoms with van der Waals surface area (Å²) in [7, 11) is 1.68. The number of hydrogen-bond acceptors (Lipinski definition) is 5. The molecule has 0 aliphatic heterocycles. The zero-order valence-electron chi connectivity index (χ0n) is 16.1. The van der Waals surface area contributed by atoms with Gasteiger partial charge in [0.05, 0.1) is 26.1 Å². The SMILES string of the molecule is COc1cccc(CN(CCC(C)C)CC(O)COCc2ccco2)c1. The Bertz CT molecular complexity index is 612. The molecular weight excluding hydrogens is 330 g/mol. The Morgan fingerprint density at radius 1 is 1.19 bits per heavy atom. The molecule has 0 saturated carbocycles. The molecule has 1 atom stereocenters. The Morgan fingerprint density at radius 3 is 2.73 bits per heavy atom. The zero-order chi connectivity index (χ0) is 18.8. The number of benzene rings is 1. The average Bonchev–Trinajstić information content (AvgIpc) is 3.13. The van der Waals surface area contributed by atoms with E-state index in [2.05, 4.69) is 24.8 Å². The highest BCUT2D eigenvalue weighted by atomic mass is 16.5. The van der Waals surface area contributed by atoms with Crippen LogP contribution < -0.4 is 4.74 Å². The maximum Gasteiger partial charge on any atom is 0.129 e. The van der Waals surface area contributed by atoms with Crippen molar-refractivity contribution in [3.05, 3.63) is 54.0 Å². The van der Waals surface area contributed by atoms with Crippen LogP contribution in [0.1, 0.15) is 31.6 Å². The fourth-order valence-electron chi connectivity index (χ4n) is 2.75. The van der Waals surface area contributed by atoms with E-state index >= 15 is 0 Å². The number of aliphatic hydroxyl groups is 1. The fraction of sp³-hybridized carbons (Fsp3) is 0.524. The minimum Gasteiger partial charge on any atom is -0.497 e. The van der Waals surface area contributed by atoms with E-state index in [9.17, 15) is 5.11 Å². The van der Waals surface area contributed by atoms with Crippen LogP contribution >= 0.6 is 0 Å². The molecular formula is C21H31NO4. The number of furan rings is 1. The first-order valence-electron chi connectivity index (χ1n) is 9.20. The summed E-state index contributed by atoms with van der Waals surface area (Å²) in [5.41, 5.74) is 1.18. The van der Waals surface area contributed by atoms with Gasteiger partial charge in [-0.1, -0.05) is 26.0 Å². The summed E-state index contributed by atoms with van der Waals surface area (Å²) < 4.78 is 16.1. The number of ether oxygens (including phenoxy) is 2. The minimum absolute atomic E-state index is 0.289. The maximum atomic E-state index is 10.4. The minimum atomic E-state index is -0.539. The normalized spacial score (nSPS) is 12.7. The standard InChI is InChI=1S/C21H31NO4/c1-17(2)9-10-22(13-18-6-4-7-20(12-18)24-3)14-19(23)15-25-16-21-8-5-11-26-21/h4-8,11-12,17,19,23H,9-10,13-16H2,1-3H3. The Hall–Kier alpha value is -1.82. The van der Waals surface area contributed by atoms with Crippen LogP contribution in [-0.4, -0.2) is 42.9 Å². The van der Waals surface area contributed by atoms with Crippen molar-refractivity contribution < 1.29 is 19.0 Å². The van der Waals surface area contributed by atoms with Gasteiger partial charge in [0.15, 0.2) is 0 Å². The van der Waals surface area contributed by atoms with Gasteiger partial charge in [0.25, 0.3) is 0 Å². The first-order valence-corrected chi connectivity index (χ1v) is 9.20. The van der Waals surface area contributed by atoms with Crippen LogP contribution in [0.3, 0.4) is 0 Å². The van der Waals surface area contributed by atoms with Crippen molar-refractivity contribution in [1.29, 1.82) is 0 Å². The lowest BCUT2D eigenvalue weighted by atomic mass is 10.1. The molecule has 1 aromatic heterocycles. The van der Waals surface area contributed by atoms with E-state index in [1.54, 1.807) is 13.4 Å². The molecule has 0 spiro atoms. The van der Waals surface area contributed by atoms with Crippen LogP contribution in [0.5, 0.6) is 5.75 Å². The van der Waals surface area contributed by atoms with Crippen molar-refractivity contribution in [2.75, 3.05) is 26.8 Å². The summed E-state index contributed by atoms with van der Waals surface area (Å²) in [6.45, 7) is 7.38. The number of methoxy groups -OCH3 is 1. The van der Waals surface area contributed by atoms with E-state index in [0.29, 0.717) is 19.1 Å². The fourth-order valence-corrected chi connectivity index (χ4v) is 2.75. The second kappa shape index (κ2) is 11.0. The van der Waals surface area contributed by atoms with Gasteiger partial charge in [-0.05, 0) is 48.7 Å². The summed E-state index contributed by atoms with van der Waals surface area (Å²) >= 11 is 0. The third-order valence-electron chi connectivity index (χ3n) is 4.17. The molecule has 0 aliphatic rings. The van der Waals surface area contributed by atoms with E-state index in [-0.39, 0.29) is 6.61 Å². The quantitative estimate of drug-likeness (QED) is 0.624. The monoisotopic (exact) mass is 361 g/mol. The molecule has 0 amide bonds. The van der Waals surface area contributed by atoms with E-state index in [1.807, 2.05) is 30.3 Å². The molecule has 0 aliphatic carbocycles. The Morgan fingerprint density at radius 2 is 2.04 bits per heavy atom. The number of hydrogen-bond donors (Lipinski definition) is 1. The van der Waals surface area contributed by atoms with Crippen molar-refractivity contribution in [1.82, 2.24) is 4.90 Å². The molecule has 1 heterocycles. The summed E-state index contributed by atoms with van der Waals surface area (Å²) in [5, 5.41) is 10.4. The molecule has 0 saturated heterocycles. The van der Waals surface area contributed by atoms with Crippen molar-refractivity contribution in [2.45, 2.75) is 39.5 Å². The molecule has 2 rings (SSSR count). The molecule has 5 heteroatoms. The number of nitrogens with zero attached hydrogens (tertiary/aromatic N) is 1. The van der Waals surface area contributed by atoms with Gasteiger partial charge in [0, 0.05) is 13.1 Å². The van der Waals surface area contributed by atoms with E-state index in [1.165, 1.54) is 5.56 Å². The van der Waals surface area contributed by atoms with Crippen LogP contribution in [0.25, 0.3) is 0 Å². The van der Waals surface area contributed by atoms with E-state index in [0.717, 1.165) is 31.0 Å². The van der Waals surface area contributed by atoms with Crippen molar-refractivity contribution >= 4 is 0 Å². The van der Waals surface area contributed by atoms with Gasteiger partial charge < -0.3 is 19.0 Å². The van der Waals surface area contributed by atoms with Gasteiger partial charge in [-0.2, -0.15) is 0 Å². The molecule has 1 N–H and O–H groups in total. The highest BCUT2D eigenvalue weighted by molar-refractivity contribution is 5.28. The van der Waals surface area contributed by atoms with Gasteiger partial charge in [0.1, 0.15) is 18.1 Å². The summed E-state index contributed by atoms with van der Waals surface area (Å²) in [5.74, 6) is 2.24. The number of aliphatic hydroxyl groups excluding tert-OH is 1. The predicted octanol–water partition coefficient (Wildman–Crippen LogP) is 3.71. The molecule has 5 nitrogen and oxygen atoms in total. The van der Waals surface area contributed by atoms with Gasteiger partial charge >= 0.3 is 0 Å². The van der Waals surface area contributed by atoms with Crippen LogP contribution in [0.2, 0.25) is 0 Å². The van der Waals surface area contributed by atoms with Gasteiger partial charge in [-0.25, -0.2) is 0 Å². The predicted molar refractivity (Wildman–Crippen MR) is 102 cm³/mol. The van der Waals surface area contributed by atoms with Crippen molar-refractivity contribution in [3.8, 4) is 5.75 Å². The third-order valence-corrected chi connectivity index (χ3v) is 4.17. The lowest BCUT2D eigenvalue weighted by Gasteiger charge is -2.26. The maximum absolute atomic E-state index is 10.4. The molecule has 0 radical (unpaired) electrons. The van der Waals surface area contributed by atoms with Gasteiger partial charge in [-0.15, -0.1) is 0 Å². The Balaban J connectivity index is 1.85. The van der Waals surface area contributed by atoms with Crippen LogP contribution in [-0.2, 0) is 17.9 Å². The topological polar surface area (TPSA) is 55.1 Å². The Labute approximate surface area is 156 Å². The second-order valence-corrected chi connectivity index (χ2v) is 7.02. The molecule has 1 unspecified atom stereocenters. The average molecular weight is 361 g/mol. The molecule has 26 heavy (non-hydrogen) atoms. The van der Waals surface area contributed by atoms with Crippen LogP contribution in [0.15, 0.2) is 47.1 Å².